The predicted octanol–water partition coefficient (Wildman–Crippen LogP) is 1.83. The molecule has 1 rings (SSSR count). The van der Waals surface area contributed by atoms with E-state index in [0.717, 1.165) is 0 Å². The lowest BCUT2D eigenvalue weighted by atomic mass is 10.1. The third-order valence-electron chi connectivity index (χ3n) is 1.78. The molecule has 0 fully saturated rings. The molecule has 0 N–H and O–H groups in total. The molecule has 0 aliphatic heterocycles. The highest BCUT2D eigenvalue weighted by atomic mass is 32.2. The van der Waals surface area contributed by atoms with Crippen LogP contribution in [0.3, 0.4) is 0 Å². The van der Waals surface area contributed by atoms with Crippen molar-refractivity contribution in [3.63, 3.8) is 0 Å². The summed E-state index contributed by atoms with van der Waals surface area (Å²) in [6, 6.07) is -0.855. The van der Waals surface area contributed by atoms with Crippen LogP contribution in [0.5, 0.6) is 6.01 Å². The first-order valence-electron chi connectivity index (χ1n) is 4.46. The van der Waals surface area contributed by atoms with Crippen LogP contribution in [0.25, 0.3) is 0 Å². The van der Waals surface area contributed by atoms with Crippen LogP contribution in [0.1, 0.15) is 25.3 Å². The van der Waals surface area contributed by atoms with E-state index in [0.29, 0.717) is 5.56 Å². The summed E-state index contributed by atoms with van der Waals surface area (Å²) in [5.74, 6) is 0.0725. The van der Waals surface area contributed by atoms with Gasteiger partial charge in [-0.15, -0.1) is 0 Å². The van der Waals surface area contributed by atoms with Crippen molar-refractivity contribution >= 4 is 10.1 Å². The number of hydrogen-bond acceptors (Lipinski definition) is 5. The fourth-order valence-corrected chi connectivity index (χ4v) is 1.19. The quantitative estimate of drug-likeness (QED) is 0.619. The summed E-state index contributed by atoms with van der Waals surface area (Å²) in [5, 5.41) is 0. The summed E-state index contributed by atoms with van der Waals surface area (Å²) in [7, 11) is -5.71. The minimum atomic E-state index is -5.71. The number of halogens is 3. The smallest absolute Gasteiger partial charge is 0.337 e. The summed E-state index contributed by atoms with van der Waals surface area (Å²) in [6.07, 6.45) is 2.41. The van der Waals surface area contributed by atoms with Gasteiger partial charge >= 0.3 is 21.6 Å². The molecule has 0 radical (unpaired) electrons. The summed E-state index contributed by atoms with van der Waals surface area (Å²) in [5.41, 5.74) is -4.84. The zero-order valence-electron chi connectivity index (χ0n) is 8.89. The van der Waals surface area contributed by atoms with E-state index in [1.54, 1.807) is 0 Å². The first-order chi connectivity index (χ1) is 7.63. The van der Waals surface area contributed by atoms with E-state index < -0.39 is 21.6 Å². The molecule has 0 aliphatic rings. The van der Waals surface area contributed by atoms with Crippen LogP contribution in [0.15, 0.2) is 12.4 Å². The Morgan fingerprint density at radius 3 is 2.06 bits per heavy atom. The standard InChI is InChI=1S/C8H9F3N2O3S/c1-5(2)6-3-12-7(13-4-6)16-17(14,15)8(9,10)11/h3-5H,1-2H3. The van der Waals surface area contributed by atoms with Gasteiger partial charge in [0, 0.05) is 12.4 Å². The Hall–Kier alpha value is -1.38. The zero-order chi connectivity index (χ0) is 13.3. The molecule has 0 saturated carbocycles. The van der Waals surface area contributed by atoms with Gasteiger partial charge in [-0.05, 0) is 11.5 Å². The molecule has 1 aromatic heterocycles. The van der Waals surface area contributed by atoms with Gasteiger partial charge in [0.2, 0.25) is 0 Å². The second kappa shape index (κ2) is 4.47. The average molecular weight is 270 g/mol. The van der Waals surface area contributed by atoms with E-state index in [-0.39, 0.29) is 5.92 Å². The Bertz CT molecular complexity index is 482. The monoisotopic (exact) mass is 270 g/mol. The van der Waals surface area contributed by atoms with Crippen LogP contribution < -0.4 is 4.18 Å². The van der Waals surface area contributed by atoms with Gasteiger partial charge in [0.05, 0.1) is 0 Å². The topological polar surface area (TPSA) is 69.2 Å². The highest BCUT2D eigenvalue weighted by Crippen LogP contribution is 2.25. The van der Waals surface area contributed by atoms with Crippen molar-refractivity contribution in [2.75, 3.05) is 0 Å². The molecule has 5 nitrogen and oxygen atoms in total. The Morgan fingerprint density at radius 1 is 1.24 bits per heavy atom. The minimum absolute atomic E-state index is 0.0725. The molecule has 17 heavy (non-hydrogen) atoms. The second-order valence-corrected chi connectivity index (χ2v) is 4.97. The van der Waals surface area contributed by atoms with Crippen molar-refractivity contribution in [1.29, 1.82) is 0 Å². The molecule has 0 spiro atoms. The van der Waals surface area contributed by atoms with Crippen LogP contribution in [0, 0.1) is 0 Å². The summed E-state index contributed by atoms with van der Waals surface area (Å²) in [6.45, 7) is 3.65. The molecule has 0 aromatic carbocycles. The van der Waals surface area contributed by atoms with Gasteiger partial charge in [-0.25, -0.2) is 9.97 Å². The number of nitrogens with zero attached hydrogens (tertiary/aromatic N) is 2. The third-order valence-corrected chi connectivity index (χ3v) is 2.72. The van der Waals surface area contributed by atoms with Crippen LogP contribution in [-0.4, -0.2) is 23.9 Å². The zero-order valence-corrected chi connectivity index (χ0v) is 9.71. The van der Waals surface area contributed by atoms with E-state index in [1.165, 1.54) is 12.4 Å². The van der Waals surface area contributed by atoms with Crippen molar-refractivity contribution in [1.82, 2.24) is 9.97 Å². The summed E-state index contributed by atoms with van der Waals surface area (Å²) in [4.78, 5) is 6.77. The summed E-state index contributed by atoms with van der Waals surface area (Å²) < 4.78 is 60.8. The molecule has 0 saturated heterocycles. The molecule has 0 aliphatic carbocycles. The van der Waals surface area contributed by atoms with Crippen LogP contribution in [-0.2, 0) is 10.1 Å². The summed E-state index contributed by atoms with van der Waals surface area (Å²) >= 11 is 0. The Morgan fingerprint density at radius 2 is 1.71 bits per heavy atom. The third kappa shape index (κ3) is 3.29. The molecular weight excluding hydrogens is 261 g/mol. The SMILES string of the molecule is CC(C)c1cnc(OS(=O)(=O)C(F)(F)F)nc1. The Kier molecular flexibility index (Phi) is 3.60. The molecule has 9 heteroatoms. The van der Waals surface area contributed by atoms with Crippen LogP contribution in [0.2, 0.25) is 0 Å². The van der Waals surface area contributed by atoms with Gasteiger partial charge < -0.3 is 4.18 Å². The molecule has 96 valence electrons. The van der Waals surface area contributed by atoms with E-state index >= 15 is 0 Å². The van der Waals surface area contributed by atoms with E-state index in [2.05, 4.69) is 14.2 Å². The fraction of sp³-hybridized carbons (Fsp3) is 0.500. The molecule has 0 unspecified atom stereocenters. The number of rotatable bonds is 3. The first kappa shape index (κ1) is 13.7. The van der Waals surface area contributed by atoms with E-state index in [1.807, 2.05) is 13.8 Å². The molecule has 0 bridgehead atoms. The lowest BCUT2D eigenvalue weighted by Gasteiger charge is -2.08. The van der Waals surface area contributed by atoms with Gasteiger partial charge in [-0.3, -0.25) is 0 Å². The van der Waals surface area contributed by atoms with E-state index in [4.69, 9.17) is 0 Å². The Labute approximate surface area is 95.8 Å². The van der Waals surface area contributed by atoms with Gasteiger partial charge in [-0.2, -0.15) is 21.6 Å². The van der Waals surface area contributed by atoms with Crippen molar-refractivity contribution < 1.29 is 25.8 Å². The molecule has 0 atom stereocenters. The second-order valence-electron chi connectivity index (χ2n) is 3.44. The van der Waals surface area contributed by atoms with E-state index in [9.17, 15) is 21.6 Å². The maximum Gasteiger partial charge on any atom is 0.534 e. The lowest BCUT2D eigenvalue weighted by Crippen LogP contribution is -2.28. The predicted molar refractivity (Wildman–Crippen MR) is 51.7 cm³/mol. The van der Waals surface area contributed by atoms with Crippen LogP contribution in [0.4, 0.5) is 13.2 Å². The number of alkyl halides is 3. The average Bonchev–Trinajstić information content (AvgIpc) is 2.16. The van der Waals surface area contributed by atoms with Crippen LogP contribution >= 0.6 is 0 Å². The first-order valence-corrected chi connectivity index (χ1v) is 5.87. The fourth-order valence-electron chi connectivity index (χ4n) is 0.813. The van der Waals surface area contributed by atoms with Gasteiger partial charge in [0.25, 0.3) is 0 Å². The highest BCUT2D eigenvalue weighted by molar-refractivity contribution is 7.87. The minimum Gasteiger partial charge on any atom is -0.337 e. The molecular formula is C8H9F3N2O3S. The Balaban J connectivity index is 2.91. The maximum atomic E-state index is 12.0. The van der Waals surface area contributed by atoms with Gasteiger partial charge in [0.1, 0.15) is 0 Å². The lowest BCUT2D eigenvalue weighted by molar-refractivity contribution is -0.0502. The normalized spacial score (nSPS) is 12.8. The largest absolute Gasteiger partial charge is 0.534 e. The molecule has 0 amide bonds. The highest BCUT2D eigenvalue weighted by Gasteiger charge is 2.49. The van der Waals surface area contributed by atoms with Gasteiger partial charge in [0.15, 0.2) is 0 Å². The van der Waals surface area contributed by atoms with Crippen molar-refractivity contribution in [3.8, 4) is 6.01 Å². The van der Waals surface area contributed by atoms with Crippen molar-refractivity contribution in [2.24, 2.45) is 0 Å². The number of aromatic nitrogens is 2. The molecule has 1 heterocycles. The van der Waals surface area contributed by atoms with Crippen molar-refractivity contribution in [2.45, 2.75) is 25.3 Å². The number of hydrogen-bond donors (Lipinski definition) is 0. The van der Waals surface area contributed by atoms with Crippen molar-refractivity contribution in [3.05, 3.63) is 18.0 Å². The molecule has 1 aromatic rings. The van der Waals surface area contributed by atoms with Gasteiger partial charge in [-0.1, -0.05) is 13.8 Å². The maximum absolute atomic E-state index is 12.0.